The summed E-state index contributed by atoms with van der Waals surface area (Å²) in [4.78, 5) is 6.87. The van der Waals surface area contributed by atoms with Crippen LogP contribution < -0.4 is 0 Å². The van der Waals surface area contributed by atoms with Crippen molar-refractivity contribution in [3.05, 3.63) is 35.4 Å². The van der Waals surface area contributed by atoms with E-state index in [1.54, 1.807) is 0 Å². The van der Waals surface area contributed by atoms with Gasteiger partial charge in [0.25, 0.3) is 0 Å². The lowest BCUT2D eigenvalue weighted by Gasteiger charge is -2.17. The largest absolute Gasteiger partial charge is 0.284 e. The second-order valence-corrected chi connectivity index (χ2v) is 3.85. The van der Waals surface area contributed by atoms with Crippen LogP contribution in [-0.2, 0) is 0 Å². The van der Waals surface area contributed by atoms with Crippen LogP contribution >= 0.6 is 0 Å². The van der Waals surface area contributed by atoms with Crippen LogP contribution in [0.5, 0.6) is 0 Å². The quantitative estimate of drug-likeness (QED) is 0.696. The number of aliphatic imine (C=N–C) groups is 1. The van der Waals surface area contributed by atoms with Crippen LogP contribution in [0.4, 0.5) is 0 Å². The van der Waals surface area contributed by atoms with E-state index in [0.29, 0.717) is 0 Å². The zero-order chi connectivity index (χ0) is 10.1. The highest BCUT2D eigenvalue weighted by Crippen LogP contribution is 2.31. The molecule has 1 heterocycles. The third kappa shape index (κ3) is 1.36. The summed E-state index contributed by atoms with van der Waals surface area (Å²) in [7, 11) is 4.15. The van der Waals surface area contributed by atoms with E-state index in [9.17, 15) is 0 Å². The molecule has 0 spiro atoms. The first kappa shape index (κ1) is 9.41. The van der Waals surface area contributed by atoms with Crippen molar-refractivity contribution in [2.75, 3.05) is 14.1 Å². The molecule has 0 radical (unpaired) electrons. The standard InChI is InChI=1S/C12H16N2/c1-4-11-9-7-5-6-8-10(9)12(13-11)14(2)3/h5-8,12H,4H2,1-3H3. The summed E-state index contributed by atoms with van der Waals surface area (Å²) in [6.07, 6.45) is 1.24. The fourth-order valence-corrected chi connectivity index (χ4v) is 1.95. The smallest absolute Gasteiger partial charge is 0.128 e. The van der Waals surface area contributed by atoms with Gasteiger partial charge < -0.3 is 0 Å². The maximum atomic E-state index is 4.72. The number of rotatable bonds is 2. The molecule has 2 rings (SSSR count). The first-order valence-corrected chi connectivity index (χ1v) is 5.06. The minimum atomic E-state index is 0.223. The van der Waals surface area contributed by atoms with Crippen molar-refractivity contribution in [1.29, 1.82) is 0 Å². The Morgan fingerprint density at radius 2 is 2.00 bits per heavy atom. The minimum absolute atomic E-state index is 0.223. The Hall–Kier alpha value is -1.15. The molecular weight excluding hydrogens is 172 g/mol. The van der Waals surface area contributed by atoms with E-state index in [2.05, 4.69) is 50.2 Å². The van der Waals surface area contributed by atoms with E-state index in [-0.39, 0.29) is 6.17 Å². The van der Waals surface area contributed by atoms with Gasteiger partial charge >= 0.3 is 0 Å². The molecule has 0 aromatic heterocycles. The third-order valence-corrected chi connectivity index (χ3v) is 2.65. The van der Waals surface area contributed by atoms with Crippen LogP contribution in [0.1, 0.15) is 30.6 Å². The van der Waals surface area contributed by atoms with Crippen molar-refractivity contribution < 1.29 is 0 Å². The topological polar surface area (TPSA) is 15.6 Å². The average Bonchev–Trinajstić information content (AvgIpc) is 2.56. The Bertz CT molecular complexity index is 366. The summed E-state index contributed by atoms with van der Waals surface area (Å²) in [5.74, 6) is 0. The summed E-state index contributed by atoms with van der Waals surface area (Å²) < 4.78 is 0. The lowest BCUT2D eigenvalue weighted by atomic mass is 10.0. The first-order chi connectivity index (χ1) is 6.74. The second kappa shape index (κ2) is 3.54. The number of fused-ring (bicyclic) bond motifs is 1. The Balaban J connectivity index is 2.47. The lowest BCUT2D eigenvalue weighted by molar-refractivity contribution is 0.314. The maximum absolute atomic E-state index is 4.72. The van der Waals surface area contributed by atoms with Gasteiger partial charge in [-0.3, -0.25) is 9.89 Å². The highest BCUT2D eigenvalue weighted by atomic mass is 15.2. The molecular formula is C12H16N2. The molecule has 2 heteroatoms. The number of hydrogen-bond donors (Lipinski definition) is 0. The van der Waals surface area contributed by atoms with E-state index < -0.39 is 0 Å². The lowest BCUT2D eigenvalue weighted by Crippen LogP contribution is -2.16. The molecule has 74 valence electrons. The van der Waals surface area contributed by atoms with Gasteiger partial charge in [0.05, 0.1) is 0 Å². The predicted octanol–water partition coefficient (Wildman–Crippen LogP) is 2.46. The maximum Gasteiger partial charge on any atom is 0.128 e. The Labute approximate surface area is 85.3 Å². The fraction of sp³-hybridized carbons (Fsp3) is 0.417. The van der Waals surface area contributed by atoms with Gasteiger partial charge in [0.2, 0.25) is 0 Å². The zero-order valence-electron chi connectivity index (χ0n) is 8.99. The number of nitrogens with zero attached hydrogens (tertiary/aromatic N) is 2. The van der Waals surface area contributed by atoms with Crippen molar-refractivity contribution in [3.63, 3.8) is 0 Å². The molecule has 1 aromatic rings. The Morgan fingerprint density at radius 1 is 1.29 bits per heavy atom. The monoisotopic (exact) mass is 188 g/mol. The molecule has 1 unspecified atom stereocenters. The second-order valence-electron chi connectivity index (χ2n) is 3.85. The summed E-state index contributed by atoms with van der Waals surface area (Å²) in [6.45, 7) is 2.16. The summed E-state index contributed by atoms with van der Waals surface area (Å²) in [5.41, 5.74) is 3.90. The van der Waals surface area contributed by atoms with E-state index in [1.807, 2.05) is 0 Å². The van der Waals surface area contributed by atoms with Crippen LogP contribution in [0, 0.1) is 0 Å². The van der Waals surface area contributed by atoms with Crippen molar-refractivity contribution in [3.8, 4) is 0 Å². The fourth-order valence-electron chi connectivity index (χ4n) is 1.95. The van der Waals surface area contributed by atoms with Crippen LogP contribution in [-0.4, -0.2) is 24.7 Å². The number of hydrogen-bond acceptors (Lipinski definition) is 2. The van der Waals surface area contributed by atoms with Gasteiger partial charge in [-0.15, -0.1) is 0 Å². The van der Waals surface area contributed by atoms with Crippen molar-refractivity contribution in [2.24, 2.45) is 4.99 Å². The van der Waals surface area contributed by atoms with E-state index in [4.69, 9.17) is 4.99 Å². The first-order valence-electron chi connectivity index (χ1n) is 5.06. The molecule has 0 saturated heterocycles. The van der Waals surface area contributed by atoms with E-state index in [0.717, 1.165) is 6.42 Å². The molecule has 0 fully saturated rings. The molecule has 0 aliphatic carbocycles. The predicted molar refractivity (Wildman–Crippen MR) is 59.7 cm³/mol. The molecule has 1 aromatic carbocycles. The van der Waals surface area contributed by atoms with Gasteiger partial charge in [0, 0.05) is 16.8 Å². The third-order valence-electron chi connectivity index (χ3n) is 2.65. The van der Waals surface area contributed by atoms with Crippen LogP contribution in [0.3, 0.4) is 0 Å². The molecule has 14 heavy (non-hydrogen) atoms. The highest BCUT2D eigenvalue weighted by Gasteiger charge is 2.24. The van der Waals surface area contributed by atoms with Crippen molar-refractivity contribution >= 4 is 5.71 Å². The molecule has 1 aliphatic heterocycles. The molecule has 2 nitrogen and oxygen atoms in total. The van der Waals surface area contributed by atoms with Gasteiger partial charge in [-0.25, -0.2) is 0 Å². The Morgan fingerprint density at radius 3 is 2.64 bits per heavy atom. The number of benzene rings is 1. The summed E-state index contributed by atoms with van der Waals surface area (Å²) in [6, 6.07) is 8.51. The van der Waals surface area contributed by atoms with Gasteiger partial charge in [0.15, 0.2) is 0 Å². The van der Waals surface area contributed by atoms with Crippen LogP contribution in [0.25, 0.3) is 0 Å². The van der Waals surface area contributed by atoms with Gasteiger partial charge in [-0.05, 0) is 20.5 Å². The van der Waals surface area contributed by atoms with Crippen molar-refractivity contribution in [2.45, 2.75) is 19.5 Å². The van der Waals surface area contributed by atoms with Crippen LogP contribution in [0.15, 0.2) is 29.3 Å². The Kier molecular flexibility index (Phi) is 2.38. The summed E-state index contributed by atoms with van der Waals surface area (Å²) in [5, 5.41) is 0. The average molecular weight is 188 g/mol. The molecule has 0 N–H and O–H groups in total. The van der Waals surface area contributed by atoms with Gasteiger partial charge in [0.1, 0.15) is 6.17 Å². The molecule has 1 atom stereocenters. The SMILES string of the molecule is CCC1=NC(N(C)C)c2ccccc21. The molecule has 0 bridgehead atoms. The van der Waals surface area contributed by atoms with E-state index >= 15 is 0 Å². The normalized spacial score (nSPS) is 19.7. The van der Waals surface area contributed by atoms with Gasteiger partial charge in [-0.1, -0.05) is 31.2 Å². The molecule has 1 aliphatic rings. The summed E-state index contributed by atoms with van der Waals surface area (Å²) >= 11 is 0. The highest BCUT2D eigenvalue weighted by molar-refractivity contribution is 6.03. The zero-order valence-corrected chi connectivity index (χ0v) is 8.99. The van der Waals surface area contributed by atoms with E-state index in [1.165, 1.54) is 16.8 Å². The molecule has 0 amide bonds. The van der Waals surface area contributed by atoms with Crippen LogP contribution in [0.2, 0.25) is 0 Å². The van der Waals surface area contributed by atoms with Crippen molar-refractivity contribution in [1.82, 2.24) is 4.90 Å². The van der Waals surface area contributed by atoms with Gasteiger partial charge in [-0.2, -0.15) is 0 Å². The molecule has 0 saturated carbocycles. The minimum Gasteiger partial charge on any atom is -0.284 e.